The van der Waals surface area contributed by atoms with Crippen LogP contribution in [-0.2, 0) is 4.79 Å². The summed E-state index contributed by atoms with van der Waals surface area (Å²) < 4.78 is 0. The molecule has 2 heteroatoms. The summed E-state index contributed by atoms with van der Waals surface area (Å²) in [5.74, 6) is -0.679. The standard InChI is InChI=1S/C11H12O2/c12-11(13)10-6-9(7-10)8-4-2-1-3-5-8/h1-5,9-10H,6-7H2,(H,12,13)/p-1. The second-order valence-corrected chi connectivity index (χ2v) is 3.59. The fourth-order valence-electron chi connectivity index (χ4n) is 1.81. The summed E-state index contributed by atoms with van der Waals surface area (Å²) in [5, 5.41) is 10.4. The van der Waals surface area contributed by atoms with Crippen molar-refractivity contribution >= 4 is 5.97 Å². The van der Waals surface area contributed by atoms with Crippen LogP contribution in [0.25, 0.3) is 0 Å². The van der Waals surface area contributed by atoms with Crippen molar-refractivity contribution in [2.75, 3.05) is 0 Å². The Kier molecular flexibility index (Phi) is 2.05. The van der Waals surface area contributed by atoms with Gasteiger partial charge in [0.15, 0.2) is 0 Å². The first-order valence-corrected chi connectivity index (χ1v) is 4.53. The van der Waals surface area contributed by atoms with Gasteiger partial charge < -0.3 is 9.90 Å². The zero-order chi connectivity index (χ0) is 9.26. The number of carbonyl (C=O) groups is 1. The minimum absolute atomic E-state index is 0.217. The van der Waals surface area contributed by atoms with Gasteiger partial charge in [-0.15, -0.1) is 0 Å². The predicted octanol–water partition coefficient (Wildman–Crippen LogP) is 0.930. The van der Waals surface area contributed by atoms with E-state index in [0.29, 0.717) is 5.92 Å². The van der Waals surface area contributed by atoms with E-state index in [2.05, 4.69) is 12.1 Å². The first-order valence-electron chi connectivity index (χ1n) is 4.53. The van der Waals surface area contributed by atoms with Crippen LogP contribution in [0.2, 0.25) is 0 Å². The molecule has 0 saturated heterocycles. The van der Waals surface area contributed by atoms with Gasteiger partial charge in [0.25, 0.3) is 0 Å². The van der Waals surface area contributed by atoms with Crippen LogP contribution in [0, 0.1) is 5.92 Å². The first kappa shape index (κ1) is 8.30. The van der Waals surface area contributed by atoms with Gasteiger partial charge in [-0.2, -0.15) is 0 Å². The molecule has 1 fully saturated rings. The molecule has 2 nitrogen and oxygen atoms in total. The molecule has 0 spiro atoms. The highest BCUT2D eigenvalue weighted by molar-refractivity contribution is 5.69. The van der Waals surface area contributed by atoms with Gasteiger partial charge >= 0.3 is 0 Å². The zero-order valence-electron chi connectivity index (χ0n) is 7.27. The van der Waals surface area contributed by atoms with Gasteiger partial charge in [-0.25, -0.2) is 0 Å². The Labute approximate surface area is 77.2 Å². The number of rotatable bonds is 2. The Morgan fingerprint density at radius 3 is 2.38 bits per heavy atom. The maximum atomic E-state index is 10.4. The number of hydrogen-bond donors (Lipinski definition) is 0. The van der Waals surface area contributed by atoms with Crippen molar-refractivity contribution < 1.29 is 9.90 Å². The molecule has 1 aromatic rings. The zero-order valence-corrected chi connectivity index (χ0v) is 7.27. The Hall–Kier alpha value is -1.31. The molecule has 0 radical (unpaired) electrons. The molecular weight excluding hydrogens is 164 g/mol. The molecule has 1 aliphatic rings. The van der Waals surface area contributed by atoms with Crippen molar-refractivity contribution in [2.24, 2.45) is 5.92 Å². The molecule has 0 bridgehead atoms. The van der Waals surface area contributed by atoms with E-state index in [1.165, 1.54) is 5.56 Å². The lowest BCUT2D eigenvalue weighted by Crippen LogP contribution is -2.38. The summed E-state index contributed by atoms with van der Waals surface area (Å²) in [5.41, 5.74) is 1.25. The number of carboxylic acid groups (broad SMARTS) is 1. The molecule has 0 atom stereocenters. The van der Waals surface area contributed by atoms with Crippen molar-refractivity contribution in [3.63, 3.8) is 0 Å². The lowest BCUT2D eigenvalue weighted by atomic mass is 9.71. The summed E-state index contributed by atoms with van der Waals surface area (Å²) in [4.78, 5) is 10.4. The highest BCUT2D eigenvalue weighted by Gasteiger charge is 2.30. The Balaban J connectivity index is 1.98. The van der Waals surface area contributed by atoms with Crippen LogP contribution in [0.1, 0.15) is 24.3 Å². The van der Waals surface area contributed by atoms with Crippen molar-refractivity contribution in [1.82, 2.24) is 0 Å². The lowest BCUT2D eigenvalue weighted by molar-refractivity contribution is -0.314. The van der Waals surface area contributed by atoms with Gasteiger partial charge in [0.05, 0.1) is 0 Å². The Bertz CT molecular complexity index is 299. The van der Waals surface area contributed by atoms with Crippen LogP contribution in [0.5, 0.6) is 0 Å². The van der Waals surface area contributed by atoms with Gasteiger partial charge in [-0.1, -0.05) is 30.3 Å². The summed E-state index contributed by atoms with van der Waals surface area (Å²) in [6, 6.07) is 10.0. The lowest BCUT2D eigenvalue weighted by Gasteiger charge is -2.36. The van der Waals surface area contributed by atoms with Crippen LogP contribution in [0.15, 0.2) is 30.3 Å². The van der Waals surface area contributed by atoms with Crippen molar-refractivity contribution in [3.8, 4) is 0 Å². The normalized spacial score (nSPS) is 26.5. The molecular formula is C11H11O2-. The van der Waals surface area contributed by atoms with E-state index in [9.17, 15) is 9.90 Å². The minimum atomic E-state index is -0.896. The summed E-state index contributed by atoms with van der Waals surface area (Å²) in [6.07, 6.45) is 1.48. The average molecular weight is 175 g/mol. The van der Waals surface area contributed by atoms with Crippen LogP contribution in [0.3, 0.4) is 0 Å². The summed E-state index contributed by atoms with van der Waals surface area (Å²) in [6.45, 7) is 0. The number of carbonyl (C=O) groups excluding carboxylic acids is 1. The fraction of sp³-hybridized carbons (Fsp3) is 0.364. The molecule has 0 heterocycles. The molecule has 0 unspecified atom stereocenters. The molecule has 68 valence electrons. The fourth-order valence-corrected chi connectivity index (χ4v) is 1.81. The van der Waals surface area contributed by atoms with Crippen LogP contribution in [0.4, 0.5) is 0 Å². The third-order valence-electron chi connectivity index (χ3n) is 2.74. The van der Waals surface area contributed by atoms with Crippen molar-refractivity contribution in [2.45, 2.75) is 18.8 Å². The quantitative estimate of drug-likeness (QED) is 0.670. The van der Waals surface area contributed by atoms with Gasteiger partial charge in [0.1, 0.15) is 0 Å². The highest BCUT2D eigenvalue weighted by Crippen LogP contribution is 2.40. The van der Waals surface area contributed by atoms with E-state index in [1.54, 1.807) is 0 Å². The molecule has 1 aliphatic carbocycles. The number of hydrogen-bond acceptors (Lipinski definition) is 2. The minimum Gasteiger partial charge on any atom is -0.550 e. The van der Waals surface area contributed by atoms with Crippen LogP contribution >= 0.6 is 0 Å². The van der Waals surface area contributed by atoms with Gasteiger partial charge in [-0.3, -0.25) is 0 Å². The maximum absolute atomic E-state index is 10.4. The van der Waals surface area contributed by atoms with Crippen LogP contribution < -0.4 is 5.11 Å². The largest absolute Gasteiger partial charge is 0.550 e. The first-order chi connectivity index (χ1) is 6.27. The van der Waals surface area contributed by atoms with Crippen molar-refractivity contribution in [3.05, 3.63) is 35.9 Å². The second kappa shape index (κ2) is 3.21. The molecule has 1 saturated carbocycles. The van der Waals surface area contributed by atoms with E-state index >= 15 is 0 Å². The number of benzene rings is 1. The predicted molar refractivity (Wildman–Crippen MR) is 46.9 cm³/mol. The average Bonchev–Trinajstić information content (AvgIpc) is 2.02. The molecule has 0 N–H and O–H groups in total. The second-order valence-electron chi connectivity index (χ2n) is 3.59. The van der Waals surface area contributed by atoms with E-state index < -0.39 is 5.97 Å². The molecule has 0 aromatic heterocycles. The number of aliphatic carboxylic acids is 1. The monoisotopic (exact) mass is 175 g/mol. The highest BCUT2D eigenvalue weighted by atomic mass is 16.4. The number of carboxylic acids is 1. The third-order valence-corrected chi connectivity index (χ3v) is 2.74. The van der Waals surface area contributed by atoms with E-state index in [1.807, 2.05) is 18.2 Å². The molecule has 0 aliphatic heterocycles. The smallest absolute Gasteiger partial charge is 0.0445 e. The van der Waals surface area contributed by atoms with E-state index in [-0.39, 0.29) is 5.92 Å². The van der Waals surface area contributed by atoms with Gasteiger partial charge in [-0.05, 0) is 30.2 Å². The van der Waals surface area contributed by atoms with Crippen molar-refractivity contribution in [1.29, 1.82) is 0 Å². The Morgan fingerprint density at radius 1 is 1.23 bits per heavy atom. The Morgan fingerprint density at radius 2 is 1.85 bits per heavy atom. The summed E-state index contributed by atoms with van der Waals surface area (Å²) in [7, 11) is 0. The third kappa shape index (κ3) is 1.57. The van der Waals surface area contributed by atoms with E-state index in [4.69, 9.17) is 0 Å². The molecule has 0 amide bonds. The SMILES string of the molecule is O=C([O-])C1CC(c2ccccc2)C1. The van der Waals surface area contributed by atoms with E-state index in [0.717, 1.165) is 12.8 Å². The molecule has 13 heavy (non-hydrogen) atoms. The molecule has 2 rings (SSSR count). The maximum Gasteiger partial charge on any atom is 0.0445 e. The van der Waals surface area contributed by atoms with Gasteiger partial charge in [0.2, 0.25) is 0 Å². The van der Waals surface area contributed by atoms with Crippen LogP contribution in [-0.4, -0.2) is 5.97 Å². The van der Waals surface area contributed by atoms with Gasteiger partial charge in [0, 0.05) is 5.97 Å². The topological polar surface area (TPSA) is 40.1 Å². The molecule has 1 aromatic carbocycles. The summed E-state index contributed by atoms with van der Waals surface area (Å²) >= 11 is 0.